The first-order valence-corrected chi connectivity index (χ1v) is 6.89. The lowest BCUT2D eigenvalue weighted by Gasteiger charge is -2.31. The maximum atomic E-state index is 11.8. The van der Waals surface area contributed by atoms with Crippen LogP contribution in [0.5, 0.6) is 0 Å². The van der Waals surface area contributed by atoms with E-state index in [1.165, 1.54) is 25.9 Å². The Morgan fingerprint density at radius 2 is 2.00 bits per heavy atom. The molecule has 0 aliphatic carbocycles. The fourth-order valence-corrected chi connectivity index (χ4v) is 2.95. The Kier molecular flexibility index (Phi) is 4.14. The number of carbonyl (C=O) groups is 1. The second-order valence-electron chi connectivity index (χ2n) is 5.30. The van der Waals surface area contributed by atoms with E-state index in [-0.39, 0.29) is 0 Å². The Bertz CT molecular complexity index is 251. The van der Waals surface area contributed by atoms with Gasteiger partial charge in [0, 0.05) is 19.5 Å². The van der Waals surface area contributed by atoms with Gasteiger partial charge in [-0.05, 0) is 50.6 Å². The SMILES string of the molecule is CN1CCC(CN2CC(CS)CC2=O)CC1. The molecular weight excluding hydrogens is 220 g/mol. The van der Waals surface area contributed by atoms with E-state index in [9.17, 15) is 4.79 Å². The smallest absolute Gasteiger partial charge is 0.222 e. The predicted octanol–water partition coefficient (Wildman–Crippen LogP) is 1.11. The summed E-state index contributed by atoms with van der Waals surface area (Å²) in [4.78, 5) is 16.2. The van der Waals surface area contributed by atoms with Crippen molar-refractivity contribution < 1.29 is 4.79 Å². The lowest BCUT2D eigenvalue weighted by Crippen LogP contribution is -2.37. The number of hydrogen-bond donors (Lipinski definition) is 1. The summed E-state index contributed by atoms with van der Waals surface area (Å²) in [6.45, 7) is 4.29. The van der Waals surface area contributed by atoms with Gasteiger partial charge in [-0.25, -0.2) is 0 Å². The van der Waals surface area contributed by atoms with Crippen LogP contribution in [0.3, 0.4) is 0 Å². The first-order chi connectivity index (χ1) is 7.69. The molecule has 0 radical (unpaired) electrons. The lowest BCUT2D eigenvalue weighted by atomic mass is 9.97. The average molecular weight is 242 g/mol. The maximum Gasteiger partial charge on any atom is 0.222 e. The summed E-state index contributed by atoms with van der Waals surface area (Å²) in [6, 6.07) is 0. The highest BCUT2D eigenvalue weighted by Gasteiger charge is 2.30. The third-order valence-corrected chi connectivity index (χ3v) is 4.39. The van der Waals surface area contributed by atoms with Crippen LogP contribution in [0.15, 0.2) is 0 Å². The summed E-state index contributed by atoms with van der Waals surface area (Å²) >= 11 is 4.29. The van der Waals surface area contributed by atoms with Gasteiger partial charge in [0.1, 0.15) is 0 Å². The summed E-state index contributed by atoms with van der Waals surface area (Å²) in [7, 11) is 2.17. The number of likely N-dealkylation sites (tertiary alicyclic amines) is 2. The first kappa shape index (κ1) is 12.2. The maximum absolute atomic E-state index is 11.8. The van der Waals surface area contributed by atoms with Crippen LogP contribution < -0.4 is 0 Å². The molecule has 4 heteroatoms. The molecule has 2 heterocycles. The molecule has 3 nitrogen and oxygen atoms in total. The van der Waals surface area contributed by atoms with Gasteiger partial charge in [-0.15, -0.1) is 0 Å². The van der Waals surface area contributed by atoms with E-state index in [0.717, 1.165) is 31.2 Å². The van der Waals surface area contributed by atoms with E-state index in [0.29, 0.717) is 11.8 Å². The van der Waals surface area contributed by atoms with Gasteiger partial charge >= 0.3 is 0 Å². The van der Waals surface area contributed by atoms with E-state index in [1.807, 2.05) is 0 Å². The van der Waals surface area contributed by atoms with Gasteiger partial charge in [0.05, 0.1) is 0 Å². The van der Waals surface area contributed by atoms with Gasteiger partial charge in [-0.3, -0.25) is 4.79 Å². The highest BCUT2D eigenvalue weighted by molar-refractivity contribution is 7.80. The Balaban J connectivity index is 1.79. The molecule has 0 spiro atoms. The topological polar surface area (TPSA) is 23.6 Å². The zero-order chi connectivity index (χ0) is 11.5. The molecule has 2 aliphatic rings. The normalized spacial score (nSPS) is 29.0. The molecule has 2 rings (SSSR count). The molecule has 0 saturated carbocycles. The fraction of sp³-hybridized carbons (Fsp3) is 0.917. The molecule has 92 valence electrons. The van der Waals surface area contributed by atoms with E-state index in [1.54, 1.807) is 0 Å². The molecule has 0 aromatic carbocycles. The zero-order valence-corrected chi connectivity index (χ0v) is 11.0. The fourth-order valence-electron chi connectivity index (χ4n) is 2.71. The van der Waals surface area contributed by atoms with E-state index >= 15 is 0 Å². The number of hydrogen-bond acceptors (Lipinski definition) is 3. The van der Waals surface area contributed by atoms with E-state index < -0.39 is 0 Å². The van der Waals surface area contributed by atoms with Crippen LogP contribution in [0.2, 0.25) is 0 Å². The second kappa shape index (κ2) is 5.41. The number of carbonyl (C=O) groups excluding carboxylic acids is 1. The molecule has 1 atom stereocenters. The summed E-state index contributed by atoms with van der Waals surface area (Å²) in [5.74, 6) is 2.40. The van der Waals surface area contributed by atoms with Crippen LogP contribution >= 0.6 is 12.6 Å². The van der Waals surface area contributed by atoms with Crippen molar-refractivity contribution in [2.75, 3.05) is 39.0 Å². The Morgan fingerprint density at radius 3 is 2.56 bits per heavy atom. The predicted molar refractivity (Wildman–Crippen MR) is 68.8 cm³/mol. The summed E-state index contributed by atoms with van der Waals surface area (Å²) in [6.07, 6.45) is 3.20. The molecule has 1 unspecified atom stereocenters. The van der Waals surface area contributed by atoms with Crippen LogP contribution in [0.1, 0.15) is 19.3 Å². The largest absolute Gasteiger partial charge is 0.342 e. The number of amides is 1. The Hall–Kier alpha value is -0.220. The molecular formula is C12H22N2OS. The van der Waals surface area contributed by atoms with Crippen molar-refractivity contribution in [3.05, 3.63) is 0 Å². The van der Waals surface area contributed by atoms with Crippen molar-refractivity contribution in [1.82, 2.24) is 9.80 Å². The summed E-state index contributed by atoms with van der Waals surface area (Å²) in [5.41, 5.74) is 0. The Labute approximate surface area is 104 Å². The van der Waals surface area contributed by atoms with Gasteiger partial charge in [0.25, 0.3) is 0 Å². The third kappa shape index (κ3) is 2.92. The number of nitrogens with zero attached hydrogens (tertiary/aromatic N) is 2. The van der Waals surface area contributed by atoms with Gasteiger partial charge in [-0.2, -0.15) is 12.6 Å². The van der Waals surface area contributed by atoms with Crippen molar-refractivity contribution in [2.45, 2.75) is 19.3 Å². The van der Waals surface area contributed by atoms with Crippen LogP contribution in [-0.2, 0) is 4.79 Å². The van der Waals surface area contributed by atoms with Crippen molar-refractivity contribution in [3.8, 4) is 0 Å². The summed E-state index contributed by atoms with van der Waals surface area (Å²) < 4.78 is 0. The van der Waals surface area contributed by atoms with Crippen LogP contribution in [0, 0.1) is 11.8 Å². The molecule has 2 fully saturated rings. The van der Waals surface area contributed by atoms with Crippen LogP contribution in [-0.4, -0.2) is 54.7 Å². The zero-order valence-electron chi connectivity index (χ0n) is 10.1. The standard InChI is InChI=1S/C12H22N2OS/c1-13-4-2-10(3-5-13)7-14-8-11(9-16)6-12(14)15/h10-11,16H,2-9H2,1H3. The molecule has 1 amide bonds. The highest BCUT2D eigenvalue weighted by atomic mass is 32.1. The number of rotatable bonds is 3. The third-order valence-electron chi connectivity index (χ3n) is 3.87. The van der Waals surface area contributed by atoms with Gasteiger partial charge in [0.2, 0.25) is 5.91 Å². The van der Waals surface area contributed by atoms with Crippen molar-refractivity contribution >= 4 is 18.5 Å². The van der Waals surface area contributed by atoms with Gasteiger partial charge in [0.15, 0.2) is 0 Å². The monoisotopic (exact) mass is 242 g/mol. The van der Waals surface area contributed by atoms with Gasteiger partial charge < -0.3 is 9.80 Å². The second-order valence-corrected chi connectivity index (χ2v) is 5.66. The highest BCUT2D eigenvalue weighted by Crippen LogP contribution is 2.23. The lowest BCUT2D eigenvalue weighted by molar-refractivity contribution is -0.128. The van der Waals surface area contributed by atoms with Crippen molar-refractivity contribution in [1.29, 1.82) is 0 Å². The first-order valence-electron chi connectivity index (χ1n) is 6.26. The van der Waals surface area contributed by atoms with Crippen molar-refractivity contribution in [3.63, 3.8) is 0 Å². The minimum Gasteiger partial charge on any atom is -0.342 e. The van der Waals surface area contributed by atoms with Crippen LogP contribution in [0.4, 0.5) is 0 Å². The molecule has 2 saturated heterocycles. The molecule has 0 bridgehead atoms. The quantitative estimate of drug-likeness (QED) is 0.749. The molecule has 0 aromatic rings. The molecule has 16 heavy (non-hydrogen) atoms. The Morgan fingerprint density at radius 1 is 1.31 bits per heavy atom. The average Bonchev–Trinajstić information content (AvgIpc) is 2.63. The van der Waals surface area contributed by atoms with E-state index in [2.05, 4.69) is 29.5 Å². The van der Waals surface area contributed by atoms with Crippen molar-refractivity contribution in [2.24, 2.45) is 11.8 Å². The number of thiol groups is 1. The molecule has 0 aromatic heterocycles. The number of piperidine rings is 1. The van der Waals surface area contributed by atoms with Gasteiger partial charge in [-0.1, -0.05) is 0 Å². The van der Waals surface area contributed by atoms with E-state index in [4.69, 9.17) is 0 Å². The summed E-state index contributed by atoms with van der Waals surface area (Å²) in [5, 5.41) is 0. The minimum absolute atomic E-state index is 0.345. The molecule has 2 aliphatic heterocycles. The minimum atomic E-state index is 0.345. The molecule has 0 N–H and O–H groups in total. The van der Waals surface area contributed by atoms with Crippen LogP contribution in [0.25, 0.3) is 0 Å².